The summed E-state index contributed by atoms with van der Waals surface area (Å²) in [6.07, 6.45) is 2.42. The van der Waals surface area contributed by atoms with Gasteiger partial charge >= 0.3 is 0 Å². The minimum absolute atomic E-state index is 0.441. The van der Waals surface area contributed by atoms with E-state index in [4.69, 9.17) is 0 Å². The normalized spacial score (nSPS) is 13.0. The Morgan fingerprint density at radius 1 is 1.12 bits per heavy atom. The van der Waals surface area contributed by atoms with E-state index in [1.807, 2.05) is 0 Å². The van der Waals surface area contributed by atoms with Gasteiger partial charge in [-0.2, -0.15) is 0 Å². The first kappa shape index (κ1) is 13.2. The molecular formula is C15H24N. The highest BCUT2D eigenvalue weighted by molar-refractivity contribution is 5.20. The molecule has 0 fully saturated rings. The largest absolute Gasteiger partial charge is 0.304 e. The Hall–Kier alpha value is -0.820. The van der Waals surface area contributed by atoms with Crippen molar-refractivity contribution in [1.29, 1.82) is 0 Å². The maximum atomic E-state index is 4.24. The third-order valence-corrected chi connectivity index (χ3v) is 3.19. The van der Waals surface area contributed by atoms with Gasteiger partial charge in [-0.25, -0.2) is 0 Å². The molecule has 0 heterocycles. The standard InChI is InChI=1S/C15H24N/c1-4-16(5-2)13-9-10-14(3)15-11-7-6-8-12-15/h6-8,11-12,14H,3-5,9-10,13H2,1-2H3. The van der Waals surface area contributed by atoms with E-state index in [-0.39, 0.29) is 0 Å². The fourth-order valence-electron chi connectivity index (χ4n) is 1.99. The first-order valence-electron chi connectivity index (χ1n) is 6.38. The number of nitrogens with zero attached hydrogens (tertiary/aromatic N) is 1. The number of benzene rings is 1. The van der Waals surface area contributed by atoms with Crippen LogP contribution >= 0.6 is 0 Å². The van der Waals surface area contributed by atoms with Crippen LogP contribution in [0.5, 0.6) is 0 Å². The minimum Gasteiger partial charge on any atom is -0.304 e. The molecule has 1 heteroatoms. The highest BCUT2D eigenvalue weighted by Crippen LogP contribution is 2.19. The van der Waals surface area contributed by atoms with Gasteiger partial charge in [0.2, 0.25) is 0 Å². The van der Waals surface area contributed by atoms with Crippen molar-refractivity contribution in [1.82, 2.24) is 4.90 Å². The lowest BCUT2D eigenvalue weighted by Crippen LogP contribution is -2.24. The smallest absolute Gasteiger partial charge is 0.00188 e. The highest BCUT2D eigenvalue weighted by atomic mass is 15.1. The Kier molecular flexibility index (Phi) is 6.17. The van der Waals surface area contributed by atoms with Crippen LogP contribution in [-0.2, 0) is 0 Å². The first-order valence-corrected chi connectivity index (χ1v) is 6.38. The van der Waals surface area contributed by atoms with E-state index in [9.17, 15) is 0 Å². The van der Waals surface area contributed by atoms with Crippen LogP contribution in [0.15, 0.2) is 30.3 Å². The first-order chi connectivity index (χ1) is 7.77. The molecule has 1 rings (SSSR count). The van der Waals surface area contributed by atoms with Crippen molar-refractivity contribution >= 4 is 0 Å². The molecule has 0 saturated heterocycles. The molecule has 0 aromatic heterocycles. The third kappa shape index (κ3) is 4.36. The maximum Gasteiger partial charge on any atom is -0.00188 e. The summed E-state index contributed by atoms with van der Waals surface area (Å²) in [6, 6.07) is 10.6. The van der Waals surface area contributed by atoms with Crippen molar-refractivity contribution in [3.05, 3.63) is 42.8 Å². The molecule has 16 heavy (non-hydrogen) atoms. The van der Waals surface area contributed by atoms with Gasteiger partial charge in [-0.3, -0.25) is 0 Å². The summed E-state index contributed by atoms with van der Waals surface area (Å²) in [4.78, 5) is 2.47. The molecular weight excluding hydrogens is 194 g/mol. The molecule has 0 spiro atoms. The van der Waals surface area contributed by atoms with Gasteiger partial charge in [-0.05, 0) is 50.9 Å². The average Bonchev–Trinajstić information content (AvgIpc) is 2.35. The van der Waals surface area contributed by atoms with E-state index in [0.717, 1.165) is 13.1 Å². The van der Waals surface area contributed by atoms with Crippen LogP contribution in [0.2, 0.25) is 0 Å². The van der Waals surface area contributed by atoms with E-state index in [1.54, 1.807) is 0 Å². The third-order valence-electron chi connectivity index (χ3n) is 3.19. The molecule has 0 aliphatic carbocycles. The Balaban J connectivity index is 2.28. The Morgan fingerprint density at radius 3 is 2.31 bits per heavy atom. The molecule has 1 aromatic rings. The van der Waals surface area contributed by atoms with Crippen LogP contribution in [0.25, 0.3) is 0 Å². The van der Waals surface area contributed by atoms with Crippen molar-refractivity contribution in [2.45, 2.75) is 32.6 Å². The second-order valence-corrected chi connectivity index (χ2v) is 4.28. The van der Waals surface area contributed by atoms with E-state index in [2.05, 4.69) is 56.0 Å². The quantitative estimate of drug-likeness (QED) is 0.674. The van der Waals surface area contributed by atoms with Crippen LogP contribution in [0.1, 0.15) is 38.2 Å². The van der Waals surface area contributed by atoms with Crippen molar-refractivity contribution in [3.8, 4) is 0 Å². The molecule has 1 unspecified atom stereocenters. The van der Waals surface area contributed by atoms with Crippen LogP contribution < -0.4 is 0 Å². The van der Waals surface area contributed by atoms with E-state index in [0.29, 0.717) is 5.92 Å². The predicted octanol–water partition coefficient (Wildman–Crippen LogP) is 3.73. The van der Waals surface area contributed by atoms with Gasteiger partial charge in [-0.15, -0.1) is 0 Å². The van der Waals surface area contributed by atoms with E-state index >= 15 is 0 Å². The van der Waals surface area contributed by atoms with Crippen LogP contribution in [0.3, 0.4) is 0 Å². The molecule has 0 saturated carbocycles. The summed E-state index contributed by atoms with van der Waals surface area (Å²) in [5.74, 6) is 0.441. The van der Waals surface area contributed by atoms with Gasteiger partial charge in [0, 0.05) is 0 Å². The lowest BCUT2D eigenvalue weighted by Gasteiger charge is -2.19. The summed E-state index contributed by atoms with van der Waals surface area (Å²) in [5, 5.41) is 0. The molecule has 1 aromatic carbocycles. The zero-order valence-corrected chi connectivity index (χ0v) is 10.7. The van der Waals surface area contributed by atoms with Crippen molar-refractivity contribution in [2.24, 2.45) is 0 Å². The van der Waals surface area contributed by atoms with Gasteiger partial charge in [0.15, 0.2) is 0 Å². The summed E-state index contributed by atoms with van der Waals surface area (Å²) in [5.41, 5.74) is 1.36. The van der Waals surface area contributed by atoms with Gasteiger partial charge < -0.3 is 4.90 Å². The molecule has 89 valence electrons. The topological polar surface area (TPSA) is 3.24 Å². The molecule has 0 N–H and O–H groups in total. The number of hydrogen-bond donors (Lipinski definition) is 0. The Bertz CT molecular complexity index is 264. The zero-order chi connectivity index (χ0) is 11.8. The maximum absolute atomic E-state index is 4.24. The Labute approximate surface area is 100 Å². The molecule has 0 bridgehead atoms. The molecule has 0 aliphatic rings. The van der Waals surface area contributed by atoms with Crippen molar-refractivity contribution in [3.63, 3.8) is 0 Å². The lowest BCUT2D eigenvalue weighted by atomic mass is 9.96. The Morgan fingerprint density at radius 2 is 1.75 bits per heavy atom. The second kappa shape index (κ2) is 7.45. The predicted molar refractivity (Wildman–Crippen MR) is 71.6 cm³/mol. The number of hydrogen-bond acceptors (Lipinski definition) is 1. The molecule has 1 atom stereocenters. The fourth-order valence-corrected chi connectivity index (χ4v) is 1.99. The second-order valence-electron chi connectivity index (χ2n) is 4.28. The molecule has 1 radical (unpaired) electrons. The van der Waals surface area contributed by atoms with Crippen LogP contribution in [0, 0.1) is 6.92 Å². The SMILES string of the molecule is [CH2]C(CCCN(CC)CC)c1ccccc1. The number of rotatable bonds is 7. The van der Waals surface area contributed by atoms with Gasteiger partial charge in [0.1, 0.15) is 0 Å². The molecule has 1 nitrogen and oxygen atoms in total. The van der Waals surface area contributed by atoms with Crippen molar-refractivity contribution in [2.75, 3.05) is 19.6 Å². The van der Waals surface area contributed by atoms with E-state index < -0.39 is 0 Å². The zero-order valence-electron chi connectivity index (χ0n) is 10.7. The van der Waals surface area contributed by atoms with Gasteiger partial charge in [0.25, 0.3) is 0 Å². The summed E-state index contributed by atoms with van der Waals surface area (Å²) < 4.78 is 0. The van der Waals surface area contributed by atoms with Gasteiger partial charge in [-0.1, -0.05) is 44.2 Å². The van der Waals surface area contributed by atoms with Crippen LogP contribution in [0.4, 0.5) is 0 Å². The van der Waals surface area contributed by atoms with Crippen LogP contribution in [-0.4, -0.2) is 24.5 Å². The van der Waals surface area contributed by atoms with Crippen molar-refractivity contribution < 1.29 is 0 Å². The summed E-state index contributed by atoms with van der Waals surface area (Å²) in [7, 11) is 0. The minimum atomic E-state index is 0.441. The molecule has 0 aliphatic heterocycles. The van der Waals surface area contributed by atoms with Gasteiger partial charge in [0.05, 0.1) is 0 Å². The van der Waals surface area contributed by atoms with E-state index in [1.165, 1.54) is 24.9 Å². The lowest BCUT2D eigenvalue weighted by molar-refractivity contribution is 0.295. The molecule has 0 amide bonds. The average molecular weight is 218 g/mol. The fraction of sp³-hybridized carbons (Fsp3) is 0.533. The summed E-state index contributed by atoms with van der Waals surface area (Å²) >= 11 is 0. The summed E-state index contributed by atoms with van der Waals surface area (Å²) in [6.45, 7) is 12.2. The monoisotopic (exact) mass is 218 g/mol. The highest BCUT2D eigenvalue weighted by Gasteiger charge is 2.05.